The van der Waals surface area contributed by atoms with Crippen molar-refractivity contribution >= 4 is 11.3 Å². The summed E-state index contributed by atoms with van der Waals surface area (Å²) in [6.45, 7) is 2.91. The maximum atomic E-state index is 4.16. The summed E-state index contributed by atoms with van der Waals surface area (Å²) >= 11 is 1.73. The molecule has 0 amide bonds. The third-order valence-corrected chi connectivity index (χ3v) is 4.27. The Morgan fingerprint density at radius 1 is 1.33 bits per heavy atom. The van der Waals surface area contributed by atoms with Crippen LogP contribution in [0.25, 0.3) is 10.6 Å². The lowest BCUT2D eigenvalue weighted by molar-refractivity contribution is 0.568. The highest BCUT2D eigenvalue weighted by molar-refractivity contribution is 7.13. The molecule has 3 rings (SSSR count). The lowest BCUT2D eigenvalue weighted by Crippen LogP contribution is -2.15. The van der Waals surface area contributed by atoms with E-state index in [9.17, 15) is 0 Å². The van der Waals surface area contributed by atoms with Crippen LogP contribution in [0.4, 0.5) is 0 Å². The first-order valence-electron chi connectivity index (χ1n) is 7.16. The van der Waals surface area contributed by atoms with Crippen molar-refractivity contribution in [3.8, 4) is 10.6 Å². The van der Waals surface area contributed by atoms with E-state index >= 15 is 0 Å². The lowest BCUT2D eigenvalue weighted by Gasteiger charge is -2.05. The minimum absolute atomic E-state index is 0.856. The second-order valence-corrected chi connectivity index (χ2v) is 5.88. The molecule has 0 saturated carbocycles. The molecule has 0 spiro atoms. The Bertz CT molecular complexity index is 627. The molecule has 21 heavy (non-hydrogen) atoms. The van der Waals surface area contributed by atoms with Crippen LogP contribution in [-0.4, -0.2) is 26.3 Å². The number of aromatic amines is 1. The molecule has 0 atom stereocenters. The molecular formula is C15H19N5S. The Balaban J connectivity index is 1.39. The molecule has 0 aliphatic rings. The number of thiophene rings is 1. The average molecular weight is 301 g/mol. The molecule has 6 heteroatoms. The molecule has 3 heterocycles. The van der Waals surface area contributed by atoms with Crippen LogP contribution in [0, 0.1) is 0 Å². The third kappa shape index (κ3) is 3.80. The number of rotatable bonds is 8. The molecule has 0 radical (unpaired) electrons. The van der Waals surface area contributed by atoms with E-state index in [0.717, 1.165) is 38.2 Å². The molecule has 0 aliphatic heterocycles. The number of unbranched alkanes of at least 4 members (excludes halogenated alkanes) is 1. The van der Waals surface area contributed by atoms with E-state index in [0.29, 0.717) is 0 Å². The molecular weight excluding hydrogens is 282 g/mol. The van der Waals surface area contributed by atoms with Gasteiger partial charge in [0.05, 0.1) is 23.1 Å². The molecule has 110 valence electrons. The third-order valence-electron chi connectivity index (χ3n) is 3.38. The summed E-state index contributed by atoms with van der Waals surface area (Å²) in [5.74, 6) is 0. The number of H-pyrrole nitrogens is 1. The SMILES string of the molecule is c1csc(-c2[nH]ncc2CNCCCCn2ccnc2)c1. The van der Waals surface area contributed by atoms with Crippen LogP contribution in [0.1, 0.15) is 18.4 Å². The quantitative estimate of drug-likeness (QED) is 0.629. The fraction of sp³-hybridized carbons (Fsp3) is 0.333. The summed E-state index contributed by atoms with van der Waals surface area (Å²) in [7, 11) is 0. The molecule has 0 unspecified atom stereocenters. The molecule has 0 bridgehead atoms. The molecule has 3 aromatic heterocycles. The second kappa shape index (κ2) is 7.19. The maximum absolute atomic E-state index is 4.16. The summed E-state index contributed by atoms with van der Waals surface area (Å²) in [6.07, 6.45) is 9.92. The van der Waals surface area contributed by atoms with Crippen LogP contribution in [0.15, 0.2) is 42.4 Å². The van der Waals surface area contributed by atoms with Gasteiger partial charge in [-0.3, -0.25) is 5.10 Å². The highest BCUT2D eigenvalue weighted by atomic mass is 32.1. The van der Waals surface area contributed by atoms with E-state index in [1.807, 2.05) is 24.9 Å². The zero-order chi connectivity index (χ0) is 14.3. The van der Waals surface area contributed by atoms with Crippen LogP contribution in [-0.2, 0) is 13.1 Å². The molecule has 0 saturated heterocycles. The van der Waals surface area contributed by atoms with Crippen molar-refractivity contribution in [1.82, 2.24) is 25.1 Å². The number of hydrogen-bond acceptors (Lipinski definition) is 4. The predicted octanol–water partition coefficient (Wildman–Crippen LogP) is 2.90. The Kier molecular flexibility index (Phi) is 4.81. The van der Waals surface area contributed by atoms with Gasteiger partial charge in [0, 0.05) is 31.0 Å². The Labute approximate surface area is 128 Å². The normalized spacial score (nSPS) is 11.0. The smallest absolute Gasteiger partial charge is 0.0945 e. The largest absolute Gasteiger partial charge is 0.337 e. The van der Waals surface area contributed by atoms with Crippen molar-refractivity contribution in [2.24, 2.45) is 0 Å². The van der Waals surface area contributed by atoms with E-state index in [1.54, 1.807) is 11.3 Å². The Morgan fingerprint density at radius 3 is 3.14 bits per heavy atom. The summed E-state index contributed by atoms with van der Waals surface area (Å²) in [5, 5.41) is 12.8. The first-order chi connectivity index (χ1) is 10.4. The summed E-state index contributed by atoms with van der Waals surface area (Å²) in [6, 6.07) is 4.18. The van der Waals surface area contributed by atoms with Crippen LogP contribution in [0.2, 0.25) is 0 Å². The van der Waals surface area contributed by atoms with Crippen molar-refractivity contribution in [3.63, 3.8) is 0 Å². The number of aromatic nitrogens is 4. The second-order valence-electron chi connectivity index (χ2n) is 4.93. The molecule has 2 N–H and O–H groups in total. The Morgan fingerprint density at radius 2 is 2.33 bits per heavy atom. The maximum Gasteiger partial charge on any atom is 0.0945 e. The number of aryl methyl sites for hydroxylation is 1. The van der Waals surface area contributed by atoms with Crippen molar-refractivity contribution in [2.75, 3.05) is 6.54 Å². The molecule has 0 aliphatic carbocycles. The van der Waals surface area contributed by atoms with E-state index in [4.69, 9.17) is 0 Å². The fourth-order valence-electron chi connectivity index (χ4n) is 2.27. The van der Waals surface area contributed by atoms with Gasteiger partial charge in [-0.1, -0.05) is 6.07 Å². The van der Waals surface area contributed by atoms with Crippen LogP contribution in [0.5, 0.6) is 0 Å². The first kappa shape index (κ1) is 14.0. The monoisotopic (exact) mass is 301 g/mol. The van der Waals surface area contributed by atoms with Gasteiger partial charge in [0.1, 0.15) is 0 Å². The first-order valence-corrected chi connectivity index (χ1v) is 8.04. The number of imidazole rings is 1. The number of hydrogen-bond donors (Lipinski definition) is 2. The number of nitrogens with one attached hydrogen (secondary N) is 2. The molecule has 0 aromatic carbocycles. The van der Waals surface area contributed by atoms with E-state index in [2.05, 4.69) is 42.6 Å². The van der Waals surface area contributed by atoms with Gasteiger partial charge >= 0.3 is 0 Å². The van der Waals surface area contributed by atoms with Gasteiger partial charge in [-0.05, 0) is 30.8 Å². The van der Waals surface area contributed by atoms with Gasteiger partial charge in [-0.15, -0.1) is 11.3 Å². The van der Waals surface area contributed by atoms with Crippen LogP contribution >= 0.6 is 11.3 Å². The minimum Gasteiger partial charge on any atom is -0.337 e. The lowest BCUT2D eigenvalue weighted by atomic mass is 10.2. The van der Waals surface area contributed by atoms with Crippen molar-refractivity contribution in [2.45, 2.75) is 25.9 Å². The van der Waals surface area contributed by atoms with Gasteiger partial charge in [0.15, 0.2) is 0 Å². The molecule has 5 nitrogen and oxygen atoms in total. The van der Waals surface area contributed by atoms with E-state index in [1.165, 1.54) is 10.4 Å². The average Bonchev–Trinajstić information content (AvgIpc) is 3.23. The van der Waals surface area contributed by atoms with Gasteiger partial charge < -0.3 is 9.88 Å². The zero-order valence-corrected chi connectivity index (χ0v) is 12.6. The summed E-state index contributed by atoms with van der Waals surface area (Å²) < 4.78 is 2.12. The van der Waals surface area contributed by atoms with Crippen molar-refractivity contribution in [3.05, 3.63) is 48.0 Å². The van der Waals surface area contributed by atoms with E-state index in [-0.39, 0.29) is 0 Å². The topological polar surface area (TPSA) is 58.5 Å². The summed E-state index contributed by atoms with van der Waals surface area (Å²) in [4.78, 5) is 5.28. The van der Waals surface area contributed by atoms with Gasteiger partial charge in [0.2, 0.25) is 0 Å². The Hall–Kier alpha value is -1.92. The fourth-order valence-corrected chi connectivity index (χ4v) is 3.02. The van der Waals surface area contributed by atoms with Crippen LogP contribution < -0.4 is 5.32 Å². The standard InChI is InChI=1S/C15H19N5S/c1(2-7-20-8-6-17-12-20)5-16-10-13-11-18-19-15(13)14-4-3-9-21-14/h3-4,6,8-9,11-12,16H,1-2,5,7,10H2,(H,18,19). The zero-order valence-electron chi connectivity index (χ0n) is 11.8. The highest BCUT2D eigenvalue weighted by Crippen LogP contribution is 2.25. The van der Waals surface area contributed by atoms with Crippen molar-refractivity contribution in [1.29, 1.82) is 0 Å². The van der Waals surface area contributed by atoms with Crippen molar-refractivity contribution < 1.29 is 0 Å². The molecule has 3 aromatic rings. The van der Waals surface area contributed by atoms with Gasteiger partial charge in [-0.25, -0.2) is 4.98 Å². The summed E-state index contributed by atoms with van der Waals surface area (Å²) in [5.41, 5.74) is 2.36. The predicted molar refractivity (Wildman–Crippen MR) is 85.1 cm³/mol. The van der Waals surface area contributed by atoms with Gasteiger partial charge in [0.25, 0.3) is 0 Å². The highest BCUT2D eigenvalue weighted by Gasteiger charge is 2.07. The minimum atomic E-state index is 0.856. The van der Waals surface area contributed by atoms with Crippen LogP contribution in [0.3, 0.4) is 0 Å². The van der Waals surface area contributed by atoms with Gasteiger partial charge in [-0.2, -0.15) is 5.10 Å². The number of nitrogens with zero attached hydrogens (tertiary/aromatic N) is 3. The molecule has 0 fully saturated rings. The van der Waals surface area contributed by atoms with E-state index < -0.39 is 0 Å².